The first kappa shape index (κ1) is 16.1. The van der Waals surface area contributed by atoms with Crippen LogP contribution < -0.4 is 0 Å². The molecule has 0 amide bonds. The molecule has 0 saturated heterocycles. The fourth-order valence-electron chi connectivity index (χ4n) is 2.24. The quantitative estimate of drug-likeness (QED) is 0.801. The van der Waals surface area contributed by atoms with Gasteiger partial charge >= 0.3 is 0 Å². The third-order valence-electron chi connectivity index (χ3n) is 3.27. The van der Waals surface area contributed by atoms with Crippen LogP contribution in [0, 0.1) is 18.3 Å². The molecule has 0 aliphatic heterocycles. The van der Waals surface area contributed by atoms with Gasteiger partial charge in [-0.15, -0.1) is 21.5 Å². The Bertz CT molecular complexity index is 568. The van der Waals surface area contributed by atoms with Gasteiger partial charge in [0.05, 0.1) is 5.69 Å². The predicted molar refractivity (Wildman–Crippen MR) is 85.5 cm³/mol. The summed E-state index contributed by atoms with van der Waals surface area (Å²) in [6.07, 6.45) is 4.03. The van der Waals surface area contributed by atoms with E-state index >= 15 is 0 Å². The van der Waals surface area contributed by atoms with Crippen molar-refractivity contribution >= 4 is 11.3 Å². The number of rotatable bonds is 6. The second kappa shape index (κ2) is 6.69. The van der Waals surface area contributed by atoms with Crippen LogP contribution in [0.4, 0.5) is 0 Å². The second-order valence-corrected chi connectivity index (χ2v) is 8.26. The Balaban J connectivity index is 1.80. The lowest BCUT2D eigenvalue weighted by Crippen LogP contribution is -2.08. The molecule has 116 valence electrons. The van der Waals surface area contributed by atoms with Gasteiger partial charge in [-0.1, -0.05) is 32.9 Å². The number of aromatic nitrogens is 3. The van der Waals surface area contributed by atoms with Gasteiger partial charge < -0.3 is 4.52 Å². The van der Waals surface area contributed by atoms with Crippen molar-refractivity contribution in [3.8, 4) is 0 Å². The van der Waals surface area contributed by atoms with E-state index in [0.29, 0.717) is 5.92 Å². The molecular formula is C16H25N3OS. The maximum atomic E-state index is 5.27. The summed E-state index contributed by atoms with van der Waals surface area (Å²) in [6, 6.07) is 2.02. The molecule has 0 fully saturated rings. The van der Waals surface area contributed by atoms with Gasteiger partial charge in [0, 0.05) is 25.3 Å². The van der Waals surface area contributed by atoms with Gasteiger partial charge in [0.2, 0.25) is 0 Å². The average Bonchev–Trinajstić information content (AvgIpc) is 2.94. The van der Waals surface area contributed by atoms with Gasteiger partial charge in [-0.3, -0.25) is 0 Å². The van der Waals surface area contributed by atoms with Crippen LogP contribution in [0.2, 0.25) is 0 Å². The molecule has 0 spiro atoms. The molecule has 0 bridgehead atoms. The Morgan fingerprint density at radius 3 is 2.57 bits per heavy atom. The molecule has 0 radical (unpaired) electrons. The molecule has 1 unspecified atom stereocenters. The summed E-state index contributed by atoms with van der Waals surface area (Å²) in [5.41, 5.74) is 1.22. The van der Waals surface area contributed by atoms with Crippen LogP contribution in [0.5, 0.6) is 0 Å². The average molecular weight is 307 g/mol. The van der Waals surface area contributed by atoms with Crippen molar-refractivity contribution in [2.24, 2.45) is 11.3 Å². The Kier molecular flexibility index (Phi) is 5.14. The van der Waals surface area contributed by atoms with Crippen LogP contribution in [-0.2, 0) is 19.3 Å². The number of nitrogens with zero attached hydrogens (tertiary/aromatic N) is 3. The SMILES string of the molecule is Cc1cc(CC(C)CCc2nnc(CC(C)(C)C)s2)on1. The van der Waals surface area contributed by atoms with Crippen molar-refractivity contribution in [3.05, 3.63) is 27.5 Å². The maximum absolute atomic E-state index is 5.27. The smallest absolute Gasteiger partial charge is 0.137 e. The van der Waals surface area contributed by atoms with E-state index < -0.39 is 0 Å². The van der Waals surface area contributed by atoms with E-state index in [9.17, 15) is 0 Å². The van der Waals surface area contributed by atoms with E-state index in [4.69, 9.17) is 4.52 Å². The summed E-state index contributed by atoms with van der Waals surface area (Å²) in [6.45, 7) is 10.9. The van der Waals surface area contributed by atoms with Crippen LogP contribution in [0.3, 0.4) is 0 Å². The van der Waals surface area contributed by atoms with Gasteiger partial charge in [-0.25, -0.2) is 0 Å². The molecule has 2 heterocycles. The molecule has 21 heavy (non-hydrogen) atoms. The van der Waals surface area contributed by atoms with Crippen LogP contribution >= 0.6 is 11.3 Å². The Morgan fingerprint density at radius 1 is 1.24 bits per heavy atom. The van der Waals surface area contributed by atoms with E-state index in [-0.39, 0.29) is 5.41 Å². The van der Waals surface area contributed by atoms with Crippen LogP contribution in [0.25, 0.3) is 0 Å². The van der Waals surface area contributed by atoms with E-state index in [1.165, 1.54) is 0 Å². The molecule has 0 aromatic carbocycles. The van der Waals surface area contributed by atoms with Gasteiger partial charge in [-0.05, 0) is 24.7 Å². The van der Waals surface area contributed by atoms with Crippen molar-refractivity contribution in [2.45, 2.75) is 60.3 Å². The maximum Gasteiger partial charge on any atom is 0.137 e. The molecule has 2 aromatic rings. The van der Waals surface area contributed by atoms with Crippen LogP contribution in [0.1, 0.15) is 55.6 Å². The molecule has 4 nitrogen and oxygen atoms in total. The molecule has 0 saturated carbocycles. The monoisotopic (exact) mass is 307 g/mol. The summed E-state index contributed by atoms with van der Waals surface area (Å²) in [5, 5.41) is 14.9. The van der Waals surface area contributed by atoms with Crippen molar-refractivity contribution in [3.63, 3.8) is 0 Å². The lowest BCUT2D eigenvalue weighted by molar-refractivity contribution is 0.356. The largest absolute Gasteiger partial charge is 0.361 e. The molecule has 0 aliphatic carbocycles. The van der Waals surface area contributed by atoms with Crippen LogP contribution in [0.15, 0.2) is 10.6 Å². The van der Waals surface area contributed by atoms with Gasteiger partial charge in [0.15, 0.2) is 0 Å². The van der Waals surface area contributed by atoms with E-state index in [1.54, 1.807) is 11.3 Å². The lowest BCUT2D eigenvalue weighted by atomic mass is 9.93. The highest BCUT2D eigenvalue weighted by Gasteiger charge is 2.15. The predicted octanol–water partition coefficient (Wildman–Crippen LogP) is 4.23. The fraction of sp³-hybridized carbons (Fsp3) is 0.688. The first-order valence-corrected chi connectivity index (χ1v) is 8.37. The van der Waals surface area contributed by atoms with Crippen LogP contribution in [-0.4, -0.2) is 15.4 Å². The minimum Gasteiger partial charge on any atom is -0.361 e. The molecule has 0 aliphatic rings. The van der Waals surface area contributed by atoms with E-state index in [0.717, 1.165) is 47.2 Å². The third kappa shape index (κ3) is 5.58. The van der Waals surface area contributed by atoms with Crippen molar-refractivity contribution in [1.82, 2.24) is 15.4 Å². The fourth-order valence-corrected chi connectivity index (χ4v) is 3.40. The first-order chi connectivity index (χ1) is 9.82. The summed E-state index contributed by atoms with van der Waals surface area (Å²) < 4.78 is 5.27. The molecule has 1 atom stereocenters. The van der Waals surface area contributed by atoms with Crippen molar-refractivity contribution in [2.75, 3.05) is 0 Å². The molecule has 2 aromatic heterocycles. The topological polar surface area (TPSA) is 51.8 Å². The molecular weight excluding hydrogens is 282 g/mol. The first-order valence-electron chi connectivity index (χ1n) is 7.55. The summed E-state index contributed by atoms with van der Waals surface area (Å²) in [7, 11) is 0. The highest BCUT2D eigenvalue weighted by atomic mass is 32.1. The standard InChI is InChI=1S/C16H25N3OS/c1-11(8-13-9-12(2)19-20-13)6-7-14-17-18-15(21-14)10-16(3,4)5/h9,11H,6-8,10H2,1-5H3. The molecule has 0 N–H and O–H groups in total. The Hall–Kier alpha value is -1.23. The lowest BCUT2D eigenvalue weighted by Gasteiger charge is -2.14. The zero-order valence-electron chi connectivity index (χ0n) is 13.6. The zero-order valence-corrected chi connectivity index (χ0v) is 14.5. The van der Waals surface area contributed by atoms with Gasteiger partial charge in [0.1, 0.15) is 15.8 Å². The molecule has 2 rings (SSSR count). The molecule has 5 heteroatoms. The highest BCUT2D eigenvalue weighted by Crippen LogP contribution is 2.24. The highest BCUT2D eigenvalue weighted by molar-refractivity contribution is 7.11. The van der Waals surface area contributed by atoms with E-state index in [2.05, 4.69) is 43.0 Å². The second-order valence-electron chi connectivity index (χ2n) is 7.11. The Labute approximate surface area is 131 Å². The summed E-state index contributed by atoms with van der Waals surface area (Å²) >= 11 is 1.75. The summed E-state index contributed by atoms with van der Waals surface area (Å²) in [4.78, 5) is 0. The van der Waals surface area contributed by atoms with E-state index in [1.807, 2.05) is 13.0 Å². The zero-order chi connectivity index (χ0) is 15.5. The third-order valence-corrected chi connectivity index (χ3v) is 4.25. The minimum absolute atomic E-state index is 0.272. The normalized spacial score (nSPS) is 13.6. The van der Waals surface area contributed by atoms with Gasteiger partial charge in [-0.2, -0.15) is 0 Å². The number of aryl methyl sites for hydroxylation is 2. The minimum atomic E-state index is 0.272. The number of hydrogen-bond acceptors (Lipinski definition) is 5. The van der Waals surface area contributed by atoms with Crippen molar-refractivity contribution in [1.29, 1.82) is 0 Å². The number of hydrogen-bond donors (Lipinski definition) is 0. The van der Waals surface area contributed by atoms with Gasteiger partial charge in [0.25, 0.3) is 0 Å². The Morgan fingerprint density at radius 2 is 1.95 bits per heavy atom. The van der Waals surface area contributed by atoms with Crippen molar-refractivity contribution < 1.29 is 4.52 Å². The summed E-state index contributed by atoms with van der Waals surface area (Å²) in [5.74, 6) is 1.54.